The topological polar surface area (TPSA) is 91.2 Å². The van der Waals surface area contributed by atoms with Crippen LogP contribution in [0.2, 0.25) is 0 Å². The molecule has 1 saturated heterocycles. The van der Waals surface area contributed by atoms with Crippen LogP contribution in [-0.2, 0) is 12.8 Å². The fourth-order valence-corrected chi connectivity index (χ4v) is 5.18. The van der Waals surface area contributed by atoms with Crippen LogP contribution in [0.4, 0.5) is 0 Å². The number of pyridine rings is 1. The van der Waals surface area contributed by atoms with Gasteiger partial charge in [-0.2, -0.15) is 5.10 Å². The van der Waals surface area contributed by atoms with Crippen LogP contribution in [0.3, 0.4) is 0 Å². The van der Waals surface area contributed by atoms with Crippen molar-refractivity contribution >= 4 is 5.91 Å². The summed E-state index contributed by atoms with van der Waals surface area (Å²) in [6.45, 7) is 1.26. The van der Waals surface area contributed by atoms with Crippen molar-refractivity contribution in [3.05, 3.63) is 51.7 Å². The molecule has 1 aliphatic heterocycles. The van der Waals surface area contributed by atoms with E-state index in [0.717, 1.165) is 36.9 Å². The molecular formula is C20H24N4O3. The van der Waals surface area contributed by atoms with E-state index in [1.165, 1.54) is 0 Å². The molecule has 0 bridgehead atoms. The third-order valence-electron chi connectivity index (χ3n) is 6.58. The first-order valence-corrected chi connectivity index (χ1v) is 9.81. The van der Waals surface area contributed by atoms with Crippen LogP contribution in [0, 0.1) is 11.8 Å². The van der Waals surface area contributed by atoms with Crippen molar-refractivity contribution in [1.82, 2.24) is 19.7 Å². The number of aliphatic hydroxyl groups excluding tert-OH is 1. The van der Waals surface area contributed by atoms with Crippen molar-refractivity contribution < 1.29 is 9.90 Å². The van der Waals surface area contributed by atoms with E-state index in [9.17, 15) is 14.7 Å². The summed E-state index contributed by atoms with van der Waals surface area (Å²) in [5.41, 5.74) is 2.07. The van der Waals surface area contributed by atoms with Crippen molar-refractivity contribution in [2.24, 2.45) is 11.8 Å². The summed E-state index contributed by atoms with van der Waals surface area (Å²) >= 11 is 0. The minimum absolute atomic E-state index is 0.0419. The number of H-pyrrole nitrogens is 1. The lowest BCUT2D eigenvalue weighted by Gasteiger charge is -2.35. The minimum atomic E-state index is -0.454. The van der Waals surface area contributed by atoms with Crippen molar-refractivity contribution in [3.63, 3.8) is 0 Å². The lowest BCUT2D eigenvalue weighted by Crippen LogP contribution is -2.36. The standard InChI is InChI=1S/C20H24N4O3/c25-18-9-14-11-23(10-13(14)8-17(18)24-6-2-5-21-24)20(27)15-7-12-3-1-4-16(12)22-19(15)26/h2,5-7,13-14,17-18,25H,1,3-4,8-11H2,(H,22,26)/t13-,14+,17-,18-/m1/s1. The summed E-state index contributed by atoms with van der Waals surface area (Å²) in [6.07, 6.45) is 7.47. The largest absolute Gasteiger partial charge is 0.391 e. The van der Waals surface area contributed by atoms with Crippen LogP contribution in [0.25, 0.3) is 0 Å². The van der Waals surface area contributed by atoms with E-state index in [1.54, 1.807) is 17.2 Å². The molecule has 142 valence electrons. The number of rotatable bonds is 2. The zero-order chi connectivity index (χ0) is 18.5. The highest BCUT2D eigenvalue weighted by Gasteiger charge is 2.44. The van der Waals surface area contributed by atoms with Gasteiger partial charge in [0.25, 0.3) is 11.5 Å². The van der Waals surface area contributed by atoms with Gasteiger partial charge in [-0.05, 0) is 61.6 Å². The van der Waals surface area contributed by atoms with Crippen LogP contribution in [0.5, 0.6) is 0 Å². The fraction of sp³-hybridized carbons (Fsp3) is 0.550. The van der Waals surface area contributed by atoms with Gasteiger partial charge in [0.1, 0.15) is 5.56 Å². The van der Waals surface area contributed by atoms with Crippen LogP contribution >= 0.6 is 0 Å². The van der Waals surface area contributed by atoms with Crippen LogP contribution < -0.4 is 5.56 Å². The first kappa shape index (κ1) is 16.7. The highest BCUT2D eigenvalue weighted by molar-refractivity contribution is 5.94. The van der Waals surface area contributed by atoms with E-state index >= 15 is 0 Å². The molecule has 4 atom stereocenters. The highest BCUT2D eigenvalue weighted by atomic mass is 16.3. The Morgan fingerprint density at radius 3 is 2.81 bits per heavy atom. The zero-order valence-electron chi connectivity index (χ0n) is 15.2. The number of carbonyl (C=O) groups excluding carboxylic acids is 1. The molecule has 7 nitrogen and oxygen atoms in total. The summed E-state index contributed by atoms with van der Waals surface area (Å²) in [5, 5.41) is 14.8. The summed E-state index contributed by atoms with van der Waals surface area (Å²) in [7, 11) is 0. The average molecular weight is 368 g/mol. The predicted molar refractivity (Wildman–Crippen MR) is 98.5 cm³/mol. The first-order chi connectivity index (χ1) is 13.1. The molecule has 3 aliphatic rings. The zero-order valence-corrected chi connectivity index (χ0v) is 15.2. The molecular weight excluding hydrogens is 344 g/mol. The lowest BCUT2D eigenvalue weighted by atomic mass is 9.77. The monoisotopic (exact) mass is 368 g/mol. The Hall–Kier alpha value is -2.41. The number of likely N-dealkylation sites (tertiary alicyclic amines) is 1. The molecule has 7 heteroatoms. The van der Waals surface area contributed by atoms with E-state index in [4.69, 9.17) is 0 Å². The molecule has 1 saturated carbocycles. The van der Waals surface area contributed by atoms with Gasteiger partial charge in [0.2, 0.25) is 0 Å². The second kappa shape index (κ2) is 6.34. The number of fused-ring (bicyclic) bond motifs is 2. The molecule has 2 aliphatic carbocycles. The van der Waals surface area contributed by atoms with Gasteiger partial charge in [-0.1, -0.05) is 0 Å². The Morgan fingerprint density at radius 1 is 1.22 bits per heavy atom. The van der Waals surface area contributed by atoms with Gasteiger partial charge in [-0.15, -0.1) is 0 Å². The van der Waals surface area contributed by atoms with Crippen molar-refractivity contribution in [2.45, 2.75) is 44.2 Å². The maximum Gasteiger partial charge on any atom is 0.261 e. The fourth-order valence-electron chi connectivity index (χ4n) is 5.18. The maximum atomic E-state index is 13.0. The van der Waals surface area contributed by atoms with E-state index in [1.807, 2.05) is 16.9 Å². The molecule has 3 heterocycles. The second-order valence-electron chi connectivity index (χ2n) is 8.19. The molecule has 0 aromatic carbocycles. The number of aryl methyl sites for hydroxylation is 2. The number of nitrogens with one attached hydrogen (secondary N) is 1. The third-order valence-corrected chi connectivity index (χ3v) is 6.58. The minimum Gasteiger partial charge on any atom is -0.391 e. The number of aliphatic hydroxyl groups is 1. The quantitative estimate of drug-likeness (QED) is 0.832. The van der Waals surface area contributed by atoms with Crippen molar-refractivity contribution in [1.29, 1.82) is 0 Å². The molecule has 2 fully saturated rings. The number of aromatic amines is 1. The maximum absolute atomic E-state index is 13.0. The number of hydrogen-bond donors (Lipinski definition) is 2. The lowest BCUT2D eigenvalue weighted by molar-refractivity contribution is 0.0306. The van der Waals surface area contributed by atoms with Gasteiger partial charge in [0.15, 0.2) is 0 Å². The Morgan fingerprint density at radius 2 is 2.04 bits per heavy atom. The second-order valence-corrected chi connectivity index (χ2v) is 8.19. The first-order valence-electron chi connectivity index (χ1n) is 9.81. The summed E-state index contributed by atoms with van der Waals surface area (Å²) in [6, 6.07) is 3.62. The number of amides is 1. The molecule has 2 aromatic rings. The number of aromatic nitrogens is 3. The molecule has 1 amide bonds. The summed E-state index contributed by atoms with van der Waals surface area (Å²) < 4.78 is 1.83. The van der Waals surface area contributed by atoms with Gasteiger partial charge < -0.3 is 15.0 Å². The Labute approximate surface area is 157 Å². The van der Waals surface area contributed by atoms with E-state index in [0.29, 0.717) is 25.4 Å². The van der Waals surface area contributed by atoms with Crippen molar-refractivity contribution in [2.75, 3.05) is 13.1 Å². The molecule has 5 rings (SSSR count). The molecule has 0 unspecified atom stereocenters. The van der Waals surface area contributed by atoms with Gasteiger partial charge in [-0.25, -0.2) is 0 Å². The normalized spacial score (nSPS) is 29.6. The average Bonchev–Trinajstić information content (AvgIpc) is 3.39. The number of nitrogens with zero attached hydrogens (tertiary/aromatic N) is 3. The number of carbonyl (C=O) groups is 1. The predicted octanol–water partition coefficient (Wildman–Crippen LogP) is 1.14. The van der Waals surface area contributed by atoms with Gasteiger partial charge >= 0.3 is 0 Å². The molecule has 0 spiro atoms. The van der Waals surface area contributed by atoms with Gasteiger partial charge in [0.05, 0.1) is 12.1 Å². The molecule has 27 heavy (non-hydrogen) atoms. The SMILES string of the molecule is O=C(c1cc2c([nH]c1=O)CCC2)N1C[C@H]2C[C@@H](n3cccn3)[C@H](O)C[C@H]2C1. The molecule has 0 radical (unpaired) electrons. The Bertz CT molecular complexity index is 920. The van der Waals surface area contributed by atoms with Gasteiger partial charge in [-0.3, -0.25) is 14.3 Å². The van der Waals surface area contributed by atoms with E-state index < -0.39 is 6.10 Å². The number of hydrogen-bond acceptors (Lipinski definition) is 4. The third kappa shape index (κ3) is 2.81. The van der Waals surface area contributed by atoms with E-state index in [2.05, 4.69) is 10.1 Å². The Balaban J connectivity index is 1.35. The molecule has 2 aromatic heterocycles. The van der Waals surface area contributed by atoms with E-state index in [-0.39, 0.29) is 29.0 Å². The molecule has 2 N–H and O–H groups in total. The van der Waals surface area contributed by atoms with Crippen LogP contribution in [-0.4, -0.2) is 49.9 Å². The van der Waals surface area contributed by atoms with Crippen LogP contribution in [0.15, 0.2) is 29.3 Å². The summed E-state index contributed by atoms with van der Waals surface area (Å²) in [5.74, 6) is 0.440. The highest BCUT2D eigenvalue weighted by Crippen LogP contribution is 2.41. The Kier molecular flexibility index (Phi) is 3.93. The smallest absolute Gasteiger partial charge is 0.261 e. The summed E-state index contributed by atoms with van der Waals surface area (Å²) in [4.78, 5) is 30.1. The van der Waals surface area contributed by atoms with Crippen LogP contribution in [0.1, 0.15) is 46.9 Å². The van der Waals surface area contributed by atoms with Crippen molar-refractivity contribution in [3.8, 4) is 0 Å². The van der Waals surface area contributed by atoms with Gasteiger partial charge in [0, 0.05) is 31.2 Å².